The first-order valence-corrected chi connectivity index (χ1v) is 9.71. The molecule has 1 saturated heterocycles. The Kier molecular flexibility index (Phi) is 7.11. The maximum atomic E-state index is 12.0. The molecule has 2 aromatic carbocycles. The van der Waals surface area contributed by atoms with Gasteiger partial charge < -0.3 is 20.3 Å². The van der Waals surface area contributed by atoms with Crippen LogP contribution in [0.1, 0.15) is 24.8 Å². The summed E-state index contributed by atoms with van der Waals surface area (Å²) in [5, 5.41) is 5.81. The number of carbonyl (C=O) groups excluding carboxylic acids is 1. The molecule has 2 N–H and O–H groups in total. The molecule has 27 heavy (non-hydrogen) atoms. The van der Waals surface area contributed by atoms with E-state index in [0.717, 1.165) is 44.5 Å². The van der Waals surface area contributed by atoms with Gasteiger partial charge in [-0.1, -0.05) is 30.3 Å². The van der Waals surface area contributed by atoms with Crippen molar-refractivity contribution in [2.45, 2.75) is 31.8 Å². The van der Waals surface area contributed by atoms with Gasteiger partial charge in [-0.25, -0.2) is 4.79 Å². The fraction of sp³-hybridized carbons (Fsp3) is 0.409. The maximum Gasteiger partial charge on any atom is 0.319 e. The Morgan fingerprint density at radius 2 is 1.78 bits per heavy atom. The SMILES string of the molecule is COC1CCN(c2ccc(NC(=O)NCCCc3ccccc3)cc2)CC1. The van der Waals surface area contributed by atoms with Gasteiger partial charge in [0.1, 0.15) is 0 Å². The van der Waals surface area contributed by atoms with Crippen LogP contribution < -0.4 is 15.5 Å². The van der Waals surface area contributed by atoms with Gasteiger partial charge in [0.05, 0.1) is 6.10 Å². The number of anilines is 2. The number of hydrogen-bond acceptors (Lipinski definition) is 3. The summed E-state index contributed by atoms with van der Waals surface area (Å²) >= 11 is 0. The highest BCUT2D eigenvalue weighted by Crippen LogP contribution is 2.22. The number of nitrogens with zero attached hydrogens (tertiary/aromatic N) is 1. The number of piperidine rings is 1. The lowest BCUT2D eigenvalue weighted by molar-refractivity contribution is 0.0819. The van der Waals surface area contributed by atoms with E-state index in [9.17, 15) is 4.79 Å². The zero-order valence-electron chi connectivity index (χ0n) is 16.0. The summed E-state index contributed by atoms with van der Waals surface area (Å²) in [7, 11) is 1.79. The lowest BCUT2D eigenvalue weighted by atomic mass is 10.1. The summed E-state index contributed by atoms with van der Waals surface area (Å²) in [5.41, 5.74) is 3.30. The van der Waals surface area contributed by atoms with Gasteiger partial charge in [0.2, 0.25) is 0 Å². The molecule has 2 amide bonds. The van der Waals surface area contributed by atoms with Gasteiger partial charge in [0.15, 0.2) is 0 Å². The van der Waals surface area contributed by atoms with Gasteiger partial charge in [0, 0.05) is 38.1 Å². The van der Waals surface area contributed by atoms with Crippen LogP contribution in [0.3, 0.4) is 0 Å². The van der Waals surface area contributed by atoms with Crippen LogP contribution in [0.15, 0.2) is 54.6 Å². The highest BCUT2D eigenvalue weighted by Gasteiger charge is 2.18. The molecule has 1 heterocycles. The van der Waals surface area contributed by atoms with E-state index in [0.29, 0.717) is 12.6 Å². The smallest absolute Gasteiger partial charge is 0.319 e. The number of amides is 2. The minimum Gasteiger partial charge on any atom is -0.381 e. The Morgan fingerprint density at radius 3 is 2.44 bits per heavy atom. The molecular formula is C22H29N3O2. The molecule has 0 unspecified atom stereocenters. The maximum absolute atomic E-state index is 12.0. The molecule has 0 atom stereocenters. The molecule has 5 nitrogen and oxygen atoms in total. The number of methoxy groups -OCH3 is 1. The second kappa shape index (κ2) is 9.97. The highest BCUT2D eigenvalue weighted by atomic mass is 16.5. The van der Waals surface area contributed by atoms with Crippen LogP contribution in [0.25, 0.3) is 0 Å². The third-order valence-corrected chi connectivity index (χ3v) is 5.04. The average Bonchev–Trinajstić information content (AvgIpc) is 2.73. The highest BCUT2D eigenvalue weighted by molar-refractivity contribution is 5.89. The molecule has 0 aliphatic carbocycles. The van der Waals surface area contributed by atoms with E-state index >= 15 is 0 Å². The normalized spacial score (nSPS) is 14.8. The third kappa shape index (κ3) is 6.00. The summed E-state index contributed by atoms with van der Waals surface area (Å²) in [6, 6.07) is 18.2. The van der Waals surface area contributed by atoms with E-state index in [2.05, 4.69) is 39.8 Å². The number of benzene rings is 2. The van der Waals surface area contributed by atoms with Crippen molar-refractivity contribution in [1.82, 2.24) is 5.32 Å². The third-order valence-electron chi connectivity index (χ3n) is 5.04. The van der Waals surface area contributed by atoms with Crippen molar-refractivity contribution in [2.75, 3.05) is 37.0 Å². The molecular weight excluding hydrogens is 338 g/mol. The number of nitrogens with one attached hydrogen (secondary N) is 2. The first-order valence-electron chi connectivity index (χ1n) is 9.71. The predicted molar refractivity (Wildman–Crippen MR) is 110 cm³/mol. The molecule has 2 aromatic rings. The summed E-state index contributed by atoms with van der Waals surface area (Å²) in [5.74, 6) is 0. The van der Waals surface area contributed by atoms with Crippen LogP contribution in [0.5, 0.6) is 0 Å². The Labute approximate surface area is 161 Å². The number of rotatable bonds is 7. The van der Waals surface area contributed by atoms with Crippen LogP contribution >= 0.6 is 0 Å². The molecule has 1 aliphatic heterocycles. The second-order valence-electron chi connectivity index (χ2n) is 6.94. The Hall–Kier alpha value is -2.53. The predicted octanol–water partition coefficient (Wildman–Crippen LogP) is 4.06. The second-order valence-corrected chi connectivity index (χ2v) is 6.94. The van der Waals surface area contributed by atoms with Gasteiger partial charge in [-0.05, 0) is 55.5 Å². The minimum absolute atomic E-state index is 0.156. The fourth-order valence-electron chi connectivity index (χ4n) is 3.42. The summed E-state index contributed by atoms with van der Waals surface area (Å²) in [6.07, 6.45) is 4.39. The lowest BCUT2D eigenvalue weighted by Crippen LogP contribution is -2.36. The zero-order chi connectivity index (χ0) is 18.9. The van der Waals surface area contributed by atoms with Crippen molar-refractivity contribution in [2.24, 2.45) is 0 Å². The van der Waals surface area contributed by atoms with Gasteiger partial charge in [-0.3, -0.25) is 0 Å². The molecule has 0 radical (unpaired) electrons. The molecule has 5 heteroatoms. The number of hydrogen-bond donors (Lipinski definition) is 2. The van der Waals surface area contributed by atoms with E-state index in [1.807, 2.05) is 30.3 Å². The monoisotopic (exact) mass is 367 g/mol. The molecule has 144 valence electrons. The van der Waals surface area contributed by atoms with Crippen molar-refractivity contribution in [3.8, 4) is 0 Å². The molecule has 1 fully saturated rings. The molecule has 3 rings (SSSR count). The topological polar surface area (TPSA) is 53.6 Å². The largest absolute Gasteiger partial charge is 0.381 e. The number of aryl methyl sites for hydroxylation is 1. The van der Waals surface area contributed by atoms with Crippen molar-refractivity contribution in [1.29, 1.82) is 0 Å². The van der Waals surface area contributed by atoms with Crippen LogP contribution in [0, 0.1) is 0 Å². The van der Waals surface area contributed by atoms with E-state index in [4.69, 9.17) is 4.74 Å². The average molecular weight is 367 g/mol. The molecule has 0 aromatic heterocycles. The van der Waals surface area contributed by atoms with Crippen molar-refractivity contribution in [3.05, 3.63) is 60.2 Å². The van der Waals surface area contributed by atoms with Gasteiger partial charge >= 0.3 is 6.03 Å². The lowest BCUT2D eigenvalue weighted by Gasteiger charge is -2.33. The first-order chi connectivity index (χ1) is 13.2. The zero-order valence-corrected chi connectivity index (χ0v) is 16.0. The van der Waals surface area contributed by atoms with E-state index in [1.165, 1.54) is 11.3 Å². The van der Waals surface area contributed by atoms with E-state index in [1.54, 1.807) is 7.11 Å². The Morgan fingerprint density at radius 1 is 1.07 bits per heavy atom. The molecule has 1 aliphatic rings. The number of carbonyl (C=O) groups is 1. The van der Waals surface area contributed by atoms with Gasteiger partial charge in [0.25, 0.3) is 0 Å². The Balaban J connectivity index is 1.38. The molecule has 0 spiro atoms. The van der Waals surface area contributed by atoms with Crippen molar-refractivity contribution < 1.29 is 9.53 Å². The van der Waals surface area contributed by atoms with Crippen molar-refractivity contribution >= 4 is 17.4 Å². The minimum atomic E-state index is -0.156. The van der Waals surface area contributed by atoms with Crippen molar-refractivity contribution in [3.63, 3.8) is 0 Å². The van der Waals surface area contributed by atoms with Crippen LogP contribution in [0.2, 0.25) is 0 Å². The Bertz CT molecular complexity index is 695. The quantitative estimate of drug-likeness (QED) is 0.726. The van der Waals surface area contributed by atoms with Crippen LogP contribution in [0.4, 0.5) is 16.2 Å². The number of urea groups is 1. The van der Waals surface area contributed by atoms with E-state index in [-0.39, 0.29) is 6.03 Å². The van der Waals surface area contributed by atoms with Crippen LogP contribution in [-0.2, 0) is 11.2 Å². The summed E-state index contributed by atoms with van der Waals surface area (Å²) in [4.78, 5) is 14.4. The standard InChI is InChI=1S/C22H29N3O2/c1-27-21-13-16-25(17-14-21)20-11-9-19(10-12-20)24-22(26)23-15-5-8-18-6-3-2-4-7-18/h2-4,6-7,9-12,21H,5,8,13-17H2,1H3,(H2,23,24,26). The van der Waals surface area contributed by atoms with Crippen LogP contribution in [-0.4, -0.2) is 38.9 Å². The fourth-order valence-corrected chi connectivity index (χ4v) is 3.42. The van der Waals surface area contributed by atoms with Gasteiger partial charge in [-0.15, -0.1) is 0 Å². The first kappa shape index (κ1) is 19.2. The number of ether oxygens (including phenoxy) is 1. The van der Waals surface area contributed by atoms with Gasteiger partial charge in [-0.2, -0.15) is 0 Å². The molecule has 0 bridgehead atoms. The molecule has 0 saturated carbocycles. The summed E-state index contributed by atoms with van der Waals surface area (Å²) < 4.78 is 5.42. The van der Waals surface area contributed by atoms with E-state index < -0.39 is 0 Å². The summed E-state index contributed by atoms with van der Waals surface area (Å²) in [6.45, 7) is 2.67.